The lowest BCUT2D eigenvalue weighted by Gasteiger charge is -1.96. The van der Waals surface area contributed by atoms with Crippen LogP contribution in [0.15, 0.2) is 26.6 Å². The zero-order valence-electron chi connectivity index (χ0n) is 8.11. The molecular weight excluding hydrogens is 278 g/mol. The Morgan fingerprint density at radius 2 is 2.40 bits per heavy atom. The second-order valence-electron chi connectivity index (χ2n) is 3.30. The van der Waals surface area contributed by atoms with E-state index in [-0.39, 0.29) is 0 Å². The topological polar surface area (TPSA) is 46.3 Å². The first kappa shape index (κ1) is 10.9. The van der Waals surface area contributed by atoms with Gasteiger partial charge in [0.25, 0.3) is 0 Å². The second kappa shape index (κ2) is 4.47. The molecule has 1 unspecified atom stereocenters. The molecule has 1 atom stereocenters. The SMILES string of the molecule is CC(O)Cc1coc(-c2ccc(Br)s2)n1. The van der Waals surface area contributed by atoms with Crippen LogP contribution in [0.4, 0.5) is 0 Å². The van der Waals surface area contributed by atoms with Crippen molar-refractivity contribution >= 4 is 27.3 Å². The highest BCUT2D eigenvalue weighted by molar-refractivity contribution is 9.11. The van der Waals surface area contributed by atoms with Crippen LogP contribution < -0.4 is 0 Å². The molecule has 2 aromatic rings. The standard InChI is InChI=1S/C10H10BrNO2S/c1-6(13)4-7-5-14-10(12-7)8-2-3-9(11)15-8/h2-3,5-6,13H,4H2,1H3. The first-order chi connectivity index (χ1) is 7.15. The molecule has 0 radical (unpaired) electrons. The molecule has 0 bridgehead atoms. The van der Waals surface area contributed by atoms with Gasteiger partial charge in [-0.3, -0.25) is 0 Å². The molecule has 2 rings (SSSR count). The number of hydrogen-bond donors (Lipinski definition) is 1. The molecule has 0 saturated heterocycles. The summed E-state index contributed by atoms with van der Waals surface area (Å²) in [7, 11) is 0. The Morgan fingerprint density at radius 1 is 1.60 bits per heavy atom. The fraction of sp³-hybridized carbons (Fsp3) is 0.300. The third-order valence-corrected chi connectivity index (χ3v) is 3.45. The molecule has 0 fully saturated rings. The fourth-order valence-corrected chi connectivity index (χ4v) is 2.56. The van der Waals surface area contributed by atoms with Gasteiger partial charge < -0.3 is 9.52 Å². The van der Waals surface area contributed by atoms with Crippen molar-refractivity contribution in [3.8, 4) is 10.8 Å². The highest BCUT2D eigenvalue weighted by atomic mass is 79.9. The lowest BCUT2D eigenvalue weighted by Crippen LogP contribution is -2.03. The number of nitrogens with zero attached hydrogens (tertiary/aromatic N) is 1. The molecule has 80 valence electrons. The predicted octanol–water partition coefficient (Wildman–Crippen LogP) is 3.09. The molecule has 0 saturated carbocycles. The Morgan fingerprint density at radius 3 is 3.00 bits per heavy atom. The molecule has 15 heavy (non-hydrogen) atoms. The molecule has 0 aliphatic carbocycles. The Labute approximate surface area is 99.9 Å². The van der Waals surface area contributed by atoms with E-state index in [1.807, 2.05) is 12.1 Å². The van der Waals surface area contributed by atoms with E-state index in [1.54, 1.807) is 24.5 Å². The Balaban J connectivity index is 2.20. The van der Waals surface area contributed by atoms with Crippen LogP contribution in [0, 0.1) is 0 Å². The molecule has 0 aliphatic heterocycles. The van der Waals surface area contributed by atoms with E-state index in [0.717, 1.165) is 14.4 Å². The number of oxazole rings is 1. The summed E-state index contributed by atoms with van der Waals surface area (Å²) < 4.78 is 6.38. The average Bonchev–Trinajstić information content (AvgIpc) is 2.72. The summed E-state index contributed by atoms with van der Waals surface area (Å²) in [5.74, 6) is 0.612. The fourth-order valence-electron chi connectivity index (χ4n) is 1.25. The summed E-state index contributed by atoms with van der Waals surface area (Å²) in [5.41, 5.74) is 0.782. The maximum absolute atomic E-state index is 9.20. The summed E-state index contributed by atoms with van der Waals surface area (Å²) in [6.07, 6.45) is 1.73. The average molecular weight is 288 g/mol. The number of aromatic nitrogens is 1. The third kappa shape index (κ3) is 2.68. The van der Waals surface area contributed by atoms with Gasteiger partial charge in [-0.15, -0.1) is 11.3 Å². The summed E-state index contributed by atoms with van der Waals surface area (Å²) in [6.45, 7) is 1.73. The van der Waals surface area contributed by atoms with E-state index in [0.29, 0.717) is 12.3 Å². The molecule has 5 heteroatoms. The van der Waals surface area contributed by atoms with Gasteiger partial charge in [0.05, 0.1) is 20.5 Å². The normalized spacial score (nSPS) is 13.0. The molecule has 3 nitrogen and oxygen atoms in total. The van der Waals surface area contributed by atoms with Gasteiger partial charge in [0, 0.05) is 6.42 Å². The van der Waals surface area contributed by atoms with Crippen LogP contribution in [0.3, 0.4) is 0 Å². The number of aliphatic hydroxyl groups excluding tert-OH is 1. The number of aliphatic hydroxyl groups is 1. The molecular formula is C10H10BrNO2S. The highest BCUT2D eigenvalue weighted by Gasteiger charge is 2.10. The summed E-state index contributed by atoms with van der Waals surface area (Å²) >= 11 is 4.96. The van der Waals surface area contributed by atoms with Crippen molar-refractivity contribution in [2.75, 3.05) is 0 Å². The number of rotatable bonds is 3. The summed E-state index contributed by atoms with van der Waals surface area (Å²) in [5, 5.41) is 9.20. The Kier molecular flexibility index (Phi) is 3.23. The molecule has 0 amide bonds. The Hall–Kier alpha value is -0.650. The minimum atomic E-state index is -0.391. The van der Waals surface area contributed by atoms with Crippen molar-refractivity contribution in [2.24, 2.45) is 0 Å². The quantitative estimate of drug-likeness (QED) is 0.944. The van der Waals surface area contributed by atoms with Gasteiger partial charge in [-0.2, -0.15) is 0 Å². The number of halogens is 1. The van der Waals surface area contributed by atoms with Gasteiger partial charge in [-0.25, -0.2) is 4.98 Å². The minimum Gasteiger partial charge on any atom is -0.444 e. The Bertz CT molecular complexity index is 450. The van der Waals surface area contributed by atoms with Crippen molar-refractivity contribution < 1.29 is 9.52 Å². The number of hydrogen-bond acceptors (Lipinski definition) is 4. The lowest BCUT2D eigenvalue weighted by molar-refractivity contribution is 0.194. The van der Waals surface area contributed by atoms with E-state index < -0.39 is 6.10 Å². The lowest BCUT2D eigenvalue weighted by atomic mass is 10.2. The van der Waals surface area contributed by atoms with E-state index in [1.165, 1.54) is 0 Å². The first-order valence-electron chi connectivity index (χ1n) is 4.53. The van der Waals surface area contributed by atoms with Gasteiger partial charge >= 0.3 is 0 Å². The van der Waals surface area contributed by atoms with Gasteiger partial charge in [-0.05, 0) is 35.0 Å². The molecule has 2 heterocycles. The molecule has 0 spiro atoms. The first-order valence-corrected chi connectivity index (χ1v) is 6.14. The van der Waals surface area contributed by atoms with E-state index >= 15 is 0 Å². The zero-order chi connectivity index (χ0) is 10.8. The van der Waals surface area contributed by atoms with E-state index in [9.17, 15) is 5.11 Å². The third-order valence-electron chi connectivity index (χ3n) is 1.84. The van der Waals surface area contributed by atoms with Crippen molar-refractivity contribution in [3.63, 3.8) is 0 Å². The highest BCUT2D eigenvalue weighted by Crippen LogP contribution is 2.30. The van der Waals surface area contributed by atoms with Crippen LogP contribution in [0.1, 0.15) is 12.6 Å². The maximum atomic E-state index is 9.20. The minimum absolute atomic E-state index is 0.391. The van der Waals surface area contributed by atoms with Gasteiger partial charge in [0.15, 0.2) is 0 Å². The van der Waals surface area contributed by atoms with Crippen LogP contribution in [0.25, 0.3) is 10.8 Å². The monoisotopic (exact) mass is 287 g/mol. The largest absolute Gasteiger partial charge is 0.444 e. The van der Waals surface area contributed by atoms with Gasteiger partial charge in [-0.1, -0.05) is 0 Å². The van der Waals surface area contributed by atoms with Crippen LogP contribution in [0.5, 0.6) is 0 Å². The van der Waals surface area contributed by atoms with E-state index in [2.05, 4.69) is 20.9 Å². The van der Waals surface area contributed by atoms with Crippen LogP contribution in [0.2, 0.25) is 0 Å². The summed E-state index contributed by atoms with van der Waals surface area (Å²) in [6, 6.07) is 3.91. The van der Waals surface area contributed by atoms with Crippen molar-refractivity contribution in [2.45, 2.75) is 19.4 Å². The van der Waals surface area contributed by atoms with Crippen LogP contribution in [-0.2, 0) is 6.42 Å². The molecule has 1 N–H and O–H groups in total. The predicted molar refractivity (Wildman–Crippen MR) is 62.9 cm³/mol. The number of thiophene rings is 1. The van der Waals surface area contributed by atoms with Gasteiger partial charge in [0.2, 0.25) is 5.89 Å². The molecule has 0 aliphatic rings. The van der Waals surface area contributed by atoms with Crippen molar-refractivity contribution in [1.82, 2.24) is 4.98 Å². The second-order valence-corrected chi connectivity index (χ2v) is 5.76. The smallest absolute Gasteiger partial charge is 0.236 e. The summed E-state index contributed by atoms with van der Waals surface area (Å²) in [4.78, 5) is 5.28. The van der Waals surface area contributed by atoms with Gasteiger partial charge in [0.1, 0.15) is 6.26 Å². The van der Waals surface area contributed by atoms with Crippen LogP contribution in [-0.4, -0.2) is 16.2 Å². The van der Waals surface area contributed by atoms with Crippen LogP contribution >= 0.6 is 27.3 Å². The van der Waals surface area contributed by atoms with E-state index in [4.69, 9.17) is 4.42 Å². The molecule has 2 aromatic heterocycles. The van der Waals surface area contributed by atoms with Crippen molar-refractivity contribution in [3.05, 3.63) is 27.9 Å². The maximum Gasteiger partial charge on any atom is 0.236 e. The van der Waals surface area contributed by atoms with Crippen molar-refractivity contribution in [1.29, 1.82) is 0 Å². The zero-order valence-corrected chi connectivity index (χ0v) is 10.5. The molecule has 0 aromatic carbocycles.